The zero-order chi connectivity index (χ0) is 24.5. The number of carbonyl (C=O) groups excluding carboxylic acids is 2. The number of amides is 2. The summed E-state index contributed by atoms with van der Waals surface area (Å²) < 4.78 is 11.1. The fourth-order valence-corrected chi connectivity index (χ4v) is 5.27. The van der Waals surface area contributed by atoms with Gasteiger partial charge in [-0.25, -0.2) is 4.79 Å². The zero-order valence-electron chi connectivity index (χ0n) is 20.6. The Morgan fingerprint density at radius 1 is 0.829 bits per heavy atom. The average molecular weight is 480 g/mol. The van der Waals surface area contributed by atoms with Crippen LogP contribution >= 0.6 is 0 Å². The van der Waals surface area contributed by atoms with E-state index in [9.17, 15) is 14.4 Å². The van der Waals surface area contributed by atoms with Crippen molar-refractivity contribution in [3.8, 4) is 0 Å². The van der Waals surface area contributed by atoms with Gasteiger partial charge in [-0.05, 0) is 43.9 Å². The first-order valence-electron chi connectivity index (χ1n) is 12.6. The van der Waals surface area contributed by atoms with Crippen molar-refractivity contribution in [2.45, 2.75) is 46.0 Å². The SMILES string of the molecule is Cc1coc2cc3oc(=O)c(CC(=O)N4CCN(CC(=O)N5CCCCCC5)CC4)c(C)c3cc12. The lowest BCUT2D eigenvalue weighted by Gasteiger charge is -2.35. The third-order valence-electron chi connectivity index (χ3n) is 7.55. The Morgan fingerprint density at radius 3 is 2.23 bits per heavy atom. The second-order valence-corrected chi connectivity index (χ2v) is 9.89. The number of rotatable bonds is 4. The van der Waals surface area contributed by atoms with Gasteiger partial charge in [-0.1, -0.05) is 12.8 Å². The van der Waals surface area contributed by atoms with Gasteiger partial charge in [-0.3, -0.25) is 14.5 Å². The first-order valence-corrected chi connectivity index (χ1v) is 12.6. The fourth-order valence-electron chi connectivity index (χ4n) is 5.27. The predicted octanol–water partition coefficient (Wildman–Crippen LogP) is 3.25. The van der Waals surface area contributed by atoms with Crippen molar-refractivity contribution < 1.29 is 18.4 Å². The topological polar surface area (TPSA) is 87.2 Å². The van der Waals surface area contributed by atoms with Crippen LogP contribution in [0.1, 0.15) is 42.4 Å². The van der Waals surface area contributed by atoms with Crippen molar-refractivity contribution in [3.63, 3.8) is 0 Å². The number of carbonyl (C=O) groups is 2. The highest BCUT2D eigenvalue weighted by molar-refractivity contribution is 5.96. The van der Waals surface area contributed by atoms with Crippen molar-refractivity contribution in [1.82, 2.24) is 14.7 Å². The zero-order valence-corrected chi connectivity index (χ0v) is 20.6. The number of fused-ring (bicyclic) bond motifs is 2. The molecule has 186 valence electrons. The van der Waals surface area contributed by atoms with Crippen LogP contribution in [-0.2, 0) is 16.0 Å². The average Bonchev–Trinajstić information content (AvgIpc) is 3.03. The third-order valence-corrected chi connectivity index (χ3v) is 7.55. The van der Waals surface area contributed by atoms with E-state index in [-0.39, 0.29) is 18.2 Å². The quantitative estimate of drug-likeness (QED) is 0.534. The van der Waals surface area contributed by atoms with Crippen LogP contribution in [0.2, 0.25) is 0 Å². The maximum Gasteiger partial charge on any atom is 0.340 e. The van der Waals surface area contributed by atoms with Crippen molar-refractivity contribution in [1.29, 1.82) is 0 Å². The maximum atomic E-state index is 13.1. The van der Waals surface area contributed by atoms with Gasteiger partial charge in [0.05, 0.1) is 24.8 Å². The monoisotopic (exact) mass is 479 g/mol. The summed E-state index contributed by atoms with van der Waals surface area (Å²) in [7, 11) is 0. The minimum absolute atomic E-state index is 0.0131. The molecule has 2 fully saturated rings. The van der Waals surface area contributed by atoms with Gasteiger partial charge in [0.15, 0.2) is 0 Å². The minimum Gasteiger partial charge on any atom is -0.464 e. The van der Waals surface area contributed by atoms with Crippen LogP contribution in [0.25, 0.3) is 21.9 Å². The molecule has 0 aliphatic carbocycles. The molecule has 0 unspecified atom stereocenters. The molecule has 2 saturated heterocycles. The number of nitrogens with zero attached hydrogens (tertiary/aromatic N) is 3. The van der Waals surface area contributed by atoms with E-state index in [1.165, 1.54) is 12.8 Å². The summed E-state index contributed by atoms with van der Waals surface area (Å²) in [6.07, 6.45) is 6.27. The van der Waals surface area contributed by atoms with E-state index in [2.05, 4.69) is 4.90 Å². The summed E-state index contributed by atoms with van der Waals surface area (Å²) in [5.74, 6) is 0.108. The number of piperazine rings is 1. The molecule has 35 heavy (non-hydrogen) atoms. The lowest BCUT2D eigenvalue weighted by atomic mass is 10.0. The molecule has 3 aromatic rings. The molecule has 2 aliphatic rings. The minimum atomic E-state index is -0.479. The molecule has 0 saturated carbocycles. The first-order chi connectivity index (χ1) is 16.9. The summed E-state index contributed by atoms with van der Waals surface area (Å²) in [6, 6.07) is 3.71. The predicted molar refractivity (Wildman–Crippen MR) is 134 cm³/mol. The van der Waals surface area contributed by atoms with E-state index in [1.807, 2.05) is 24.8 Å². The number of furan rings is 1. The Bertz CT molecular complexity index is 1310. The van der Waals surface area contributed by atoms with Gasteiger partial charge >= 0.3 is 5.63 Å². The number of likely N-dealkylation sites (tertiary alicyclic amines) is 1. The number of aryl methyl sites for hydroxylation is 2. The highest BCUT2D eigenvalue weighted by Crippen LogP contribution is 2.29. The van der Waals surface area contributed by atoms with Crippen molar-refractivity contribution in [3.05, 3.63) is 45.5 Å². The molecule has 4 heterocycles. The molecule has 0 N–H and O–H groups in total. The summed E-state index contributed by atoms with van der Waals surface area (Å²) in [5, 5.41) is 1.79. The molecule has 2 aliphatic heterocycles. The Balaban J connectivity index is 1.23. The fraction of sp³-hybridized carbons (Fsp3) is 0.519. The standard InChI is InChI=1S/C27H33N3O5/c1-18-17-34-23-15-24-21(13-20(18)23)19(2)22(27(33)35-24)14-25(31)30-11-9-28(10-12-30)16-26(32)29-7-5-3-4-6-8-29/h13,15,17H,3-12,14,16H2,1-2H3. The molecule has 5 rings (SSSR count). The van der Waals surface area contributed by atoms with Crippen LogP contribution in [0.5, 0.6) is 0 Å². The Morgan fingerprint density at radius 2 is 1.51 bits per heavy atom. The largest absolute Gasteiger partial charge is 0.464 e. The van der Waals surface area contributed by atoms with E-state index in [0.29, 0.717) is 49.5 Å². The highest BCUT2D eigenvalue weighted by Gasteiger charge is 2.26. The van der Waals surface area contributed by atoms with Gasteiger partial charge in [0.1, 0.15) is 11.2 Å². The Labute approximate surface area is 204 Å². The number of hydrogen-bond donors (Lipinski definition) is 0. The second-order valence-electron chi connectivity index (χ2n) is 9.89. The summed E-state index contributed by atoms with van der Waals surface area (Å²) in [6.45, 7) is 8.40. The van der Waals surface area contributed by atoms with E-state index in [0.717, 1.165) is 47.8 Å². The number of benzene rings is 1. The van der Waals surface area contributed by atoms with Gasteiger partial charge in [0.2, 0.25) is 11.8 Å². The van der Waals surface area contributed by atoms with Crippen LogP contribution in [0.4, 0.5) is 0 Å². The number of hydrogen-bond acceptors (Lipinski definition) is 6. The molecule has 8 heteroatoms. The maximum absolute atomic E-state index is 13.1. The molecule has 1 aromatic carbocycles. The molecule has 8 nitrogen and oxygen atoms in total. The van der Waals surface area contributed by atoms with Gasteiger partial charge in [-0.15, -0.1) is 0 Å². The highest BCUT2D eigenvalue weighted by atomic mass is 16.4. The smallest absolute Gasteiger partial charge is 0.340 e. The van der Waals surface area contributed by atoms with Crippen molar-refractivity contribution in [2.24, 2.45) is 0 Å². The lowest BCUT2D eigenvalue weighted by Crippen LogP contribution is -2.52. The van der Waals surface area contributed by atoms with E-state index in [4.69, 9.17) is 8.83 Å². The van der Waals surface area contributed by atoms with Crippen LogP contribution in [-0.4, -0.2) is 72.3 Å². The van der Waals surface area contributed by atoms with E-state index >= 15 is 0 Å². The Kier molecular flexibility index (Phi) is 6.65. The molecular formula is C27H33N3O5. The van der Waals surface area contributed by atoms with Crippen LogP contribution in [0, 0.1) is 13.8 Å². The molecule has 2 amide bonds. The van der Waals surface area contributed by atoms with Crippen LogP contribution in [0.3, 0.4) is 0 Å². The summed E-state index contributed by atoms with van der Waals surface area (Å²) in [4.78, 5) is 44.4. The molecule has 2 aromatic heterocycles. The molecule has 0 radical (unpaired) electrons. The molecular weight excluding hydrogens is 446 g/mol. The van der Waals surface area contributed by atoms with Crippen molar-refractivity contribution >= 4 is 33.8 Å². The molecule has 0 atom stereocenters. The van der Waals surface area contributed by atoms with Crippen molar-refractivity contribution in [2.75, 3.05) is 45.8 Å². The van der Waals surface area contributed by atoms with Gasteiger partial charge in [0, 0.05) is 56.1 Å². The van der Waals surface area contributed by atoms with Crippen LogP contribution in [0.15, 0.2) is 32.0 Å². The normalized spacial score (nSPS) is 17.8. The third kappa shape index (κ3) is 4.85. The summed E-state index contributed by atoms with van der Waals surface area (Å²) >= 11 is 0. The van der Waals surface area contributed by atoms with E-state index < -0.39 is 5.63 Å². The molecule has 0 spiro atoms. The van der Waals surface area contributed by atoms with Crippen LogP contribution < -0.4 is 5.63 Å². The second kappa shape index (κ2) is 9.85. The lowest BCUT2D eigenvalue weighted by molar-refractivity contribution is -0.134. The molecule has 0 bridgehead atoms. The first kappa shape index (κ1) is 23.6. The van der Waals surface area contributed by atoms with Gasteiger partial charge in [-0.2, -0.15) is 0 Å². The van der Waals surface area contributed by atoms with Gasteiger partial charge < -0.3 is 18.6 Å². The summed E-state index contributed by atoms with van der Waals surface area (Å²) in [5.41, 5.74) is 2.85. The van der Waals surface area contributed by atoms with Gasteiger partial charge in [0.25, 0.3) is 0 Å². The van der Waals surface area contributed by atoms with E-state index in [1.54, 1.807) is 17.2 Å². The Hall–Kier alpha value is -3.13.